The Morgan fingerprint density at radius 3 is 1.39 bits per heavy atom. The molecule has 10 rings (SSSR count). The van der Waals surface area contributed by atoms with E-state index >= 15 is 0 Å². The van der Waals surface area contributed by atoms with Gasteiger partial charge < -0.3 is 9.80 Å². The fourth-order valence-electron chi connectivity index (χ4n) is 8.74. The molecule has 2 heteroatoms. The van der Waals surface area contributed by atoms with Gasteiger partial charge in [0.25, 0.3) is 0 Å². The number of hydrogen-bond donors (Lipinski definition) is 0. The third kappa shape index (κ3) is 6.16. The number of nitrogens with zero attached hydrogens (tertiary/aromatic N) is 2. The molecule has 0 atom stereocenters. The summed E-state index contributed by atoms with van der Waals surface area (Å²) in [6.07, 6.45) is 0. The third-order valence-corrected chi connectivity index (χ3v) is 11.6. The lowest BCUT2D eigenvalue weighted by atomic mass is 9.82. The highest BCUT2D eigenvalue weighted by Crippen LogP contribution is 2.53. The highest BCUT2D eigenvalue weighted by atomic mass is 15.1. The Bertz CT molecular complexity index is 2850. The number of hydrogen-bond acceptors (Lipinski definition) is 2. The summed E-state index contributed by atoms with van der Waals surface area (Å²) in [4.78, 5) is 4.79. The normalized spacial score (nSPS) is 12.5. The first-order valence-corrected chi connectivity index (χ1v) is 19.8. The highest BCUT2D eigenvalue weighted by molar-refractivity contribution is 5.99. The van der Waals surface area contributed by atoms with E-state index in [1.807, 2.05) is 0 Å². The molecule has 0 saturated heterocycles. The van der Waals surface area contributed by atoms with Crippen molar-refractivity contribution >= 4 is 44.9 Å². The van der Waals surface area contributed by atoms with Crippen molar-refractivity contribution in [1.82, 2.24) is 0 Å². The predicted molar refractivity (Wildman–Crippen MR) is 242 cm³/mol. The van der Waals surface area contributed by atoms with Gasteiger partial charge in [-0.25, -0.2) is 0 Å². The van der Waals surface area contributed by atoms with Crippen LogP contribution in [0.1, 0.15) is 25.0 Å². The molecule has 0 N–H and O–H groups in total. The van der Waals surface area contributed by atoms with Crippen LogP contribution in [0, 0.1) is 0 Å². The van der Waals surface area contributed by atoms with Crippen LogP contribution < -0.4 is 9.80 Å². The Balaban J connectivity index is 1.03. The van der Waals surface area contributed by atoms with E-state index in [9.17, 15) is 0 Å². The summed E-state index contributed by atoms with van der Waals surface area (Å²) in [7, 11) is 0. The van der Waals surface area contributed by atoms with E-state index in [1.54, 1.807) is 0 Å². The summed E-state index contributed by atoms with van der Waals surface area (Å²) in [6.45, 7) is 4.75. The van der Waals surface area contributed by atoms with Gasteiger partial charge in [0.1, 0.15) is 0 Å². The minimum absolute atomic E-state index is 0.228. The van der Waals surface area contributed by atoms with Crippen LogP contribution in [0.5, 0.6) is 0 Å². The molecule has 0 heterocycles. The predicted octanol–water partition coefficient (Wildman–Crippen LogP) is 15.4. The van der Waals surface area contributed by atoms with E-state index in [1.165, 1.54) is 61.0 Å². The van der Waals surface area contributed by atoms with Crippen molar-refractivity contribution in [3.05, 3.63) is 230 Å². The summed E-state index contributed by atoms with van der Waals surface area (Å²) in [5, 5.41) is 2.46. The SMILES string of the molecule is CC1(C)c2cc(N(c3ccccc3)c3ccc(-c4cccc(-c5ccccc5)c4)cc3)ccc2-c2ccc(N(c3ccccc3)c3cccc4ccccc34)cc21. The van der Waals surface area contributed by atoms with Gasteiger partial charge in [-0.05, 0) is 123 Å². The van der Waals surface area contributed by atoms with Crippen LogP contribution in [-0.4, -0.2) is 0 Å². The van der Waals surface area contributed by atoms with Crippen LogP contribution in [0.4, 0.5) is 34.1 Å². The zero-order chi connectivity index (χ0) is 38.3. The molecule has 57 heavy (non-hydrogen) atoms. The topological polar surface area (TPSA) is 6.48 Å². The van der Waals surface area contributed by atoms with Crippen LogP contribution >= 0.6 is 0 Å². The second-order valence-corrected chi connectivity index (χ2v) is 15.4. The number of rotatable bonds is 8. The van der Waals surface area contributed by atoms with Gasteiger partial charge in [-0.2, -0.15) is 0 Å². The van der Waals surface area contributed by atoms with Crippen LogP contribution in [0.25, 0.3) is 44.2 Å². The first-order valence-electron chi connectivity index (χ1n) is 19.8. The molecule has 0 saturated carbocycles. The maximum absolute atomic E-state index is 2.42. The van der Waals surface area contributed by atoms with Gasteiger partial charge >= 0.3 is 0 Å². The zero-order valence-electron chi connectivity index (χ0n) is 32.2. The van der Waals surface area contributed by atoms with Gasteiger partial charge in [-0.3, -0.25) is 0 Å². The standard InChI is InChI=1S/C55H42N2/c1-55(2)52-37-47(56(44-22-8-4-9-23-44)46-30-28-40(29-31-46)43-21-14-20-42(36-43)39-16-6-3-7-17-39)32-34-50(52)51-35-33-48(38-53(51)55)57(45-24-10-5-11-25-45)54-27-15-19-41-18-12-13-26-49(41)54/h3-38H,1-2H3. The van der Waals surface area contributed by atoms with Crippen molar-refractivity contribution in [2.75, 3.05) is 9.80 Å². The van der Waals surface area contributed by atoms with E-state index in [0.717, 1.165) is 28.4 Å². The van der Waals surface area contributed by atoms with Gasteiger partial charge in [0.2, 0.25) is 0 Å². The van der Waals surface area contributed by atoms with Crippen molar-refractivity contribution in [2.24, 2.45) is 0 Å². The van der Waals surface area contributed by atoms with Crippen LogP contribution in [0.2, 0.25) is 0 Å². The summed E-state index contributed by atoms with van der Waals surface area (Å²) in [5.41, 5.74) is 16.7. The molecule has 1 aliphatic carbocycles. The fraction of sp³-hybridized carbons (Fsp3) is 0.0545. The molecule has 9 aromatic carbocycles. The molecule has 0 spiro atoms. The minimum Gasteiger partial charge on any atom is -0.310 e. The summed E-state index contributed by atoms with van der Waals surface area (Å²) >= 11 is 0. The van der Waals surface area contributed by atoms with E-state index in [0.29, 0.717) is 0 Å². The molecule has 0 bridgehead atoms. The molecule has 0 unspecified atom stereocenters. The van der Waals surface area contributed by atoms with Crippen molar-refractivity contribution in [3.63, 3.8) is 0 Å². The molecule has 9 aromatic rings. The van der Waals surface area contributed by atoms with Crippen molar-refractivity contribution in [1.29, 1.82) is 0 Å². The smallest absolute Gasteiger partial charge is 0.0540 e. The van der Waals surface area contributed by atoms with E-state index < -0.39 is 0 Å². The molecule has 272 valence electrons. The minimum atomic E-state index is -0.228. The summed E-state index contributed by atoms with van der Waals surface area (Å²) < 4.78 is 0. The molecule has 0 amide bonds. The number of benzene rings is 9. The Morgan fingerprint density at radius 2 is 0.754 bits per heavy atom. The Morgan fingerprint density at radius 1 is 0.316 bits per heavy atom. The lowest BCUT2D eigenvalue weighted by Gasteiger charge is -2.29. The molecule has 0 aromatic heterocycles. The van der Waals surface area contributed by atoms with Crippen molar-refractivity contribution < 1.29 is 0 Å². The highest BCUT2D eigenvalue weighted by Gasteiger charge is 2.37. The molecule has 1 aliphatic rings. The molecular weight excluding hydrogens is 689 g/mol. The maximum Gasteiger partial charge on any atom is 0.0540 e. The Kier molecular flexibility index (Phi) is 8.53. The monoisotopic (exact) mass is 730 g/mol. The summed E-state index contributed by atoms with van der Waals surface area (Å²) in [6, 6.07) is 79.2. The Hall–Kier alpha value is -7.16. The summed E-state index contributed by atoms with van der Waals surface area (Å²) in [5.74, 6) is 0. The Labute approximate surface area is 335 Å². The van der Waals surface area contributed by atoms with Crippen molar-refractivity contribution in [3.8, 4) is 33.4 Å². The third-order valence-electron chi connectivity index (χ3n) is 11.6. The van der Waals surface area contributed by atoms with E-state index in [-0.39, 0.29) is 5.41 Å². The average molecular weight is 731 g/mol. The lowest BCUT2D eigenvalue weighted by molar-refractivity contribution is 0.660. The van der Waals surface area contributed by atoms with Gasteiger partial charge in [-0.1, -0.05) is 159 Å². The molecule has 0 aliphatic heterocycles. The van der Waals surface area contributed by atoms with Gasteiger partial charge in [-0.15, -0.1) is 0 Å². The first-order chi connectivity index (χ1) is 28.0. The first kappa shape index (κ1) is 34.3. The second kappa shape index (κ2) is 14.2. The van der Waals surface area contributed by atoms with Crippen LogP contribution in [0.15, 0.2) is 218 Å². The zero-order valence-corrected chi connectivity index (χ0v) is 32.2. The molecule has 0 fully saturated rings. The molecular formula is C55H42N2. The number of anilines is 6. The van der Waals surface area contributed by atoms with Crippen molar-refractivity contribution in [2.45, 2.75) is 19.3 Å². The number of fused-ring (bicyclic) bond motifs is 4. The average Bonchev–Trinajstić information content (AvgIpc) is 3.50. The lowest BCUT2D eigenvalue weighted by Crippen LogP contribution is -2.17. The van der Waals surface area contributed by atoms with E-state index in [4.69, 9.17) is 0 Å². The van der Waals surface area contributed by atoms with Gasteiger partial charge in [0.15, 0.2) is 0 Å². The van der Waals surface area contributed by atoms with Gasteiger partial charge in [0, 0.05) is 39.2 Å². The van der Waals surface area contributed by atoms with Gasteiger partial charge in [0.05, 0.1) is 5.69 Å². The van der Waals surface area contributed by atoms with Crippen LogP contribution in [-0.2, 0) is 5.41 Å². The maximum atomic E-state index is 2.42. The fourth-order valence-corrected chi connectivity index (χ4v) is 8.74. The van der Waals surface area contributed by atoms with Crippen LogP contribution in [0.3, 0.4) is 0 Å². The second-order valence-electron chi connectivity index (χ2n) is 15.4. The van der Waals surface area contributed by atoms with E-state index in [2.05, 4.69) is 242 Å². The number of para-hydroxylation sites is 2. The molecule has 2 nitrogen and oxygen atoms in total. The quantitative estimate of drug-likeness (QED) is 0.154. The molecule has 0 radical (unpaired) electrons. The largest absolute Gasteiger partial charge is 0.310 e.